The van der Waals surface area contributed by atoms with Crippen molar-refractivity contribution in [1.29, 1.82) is 0 Å². The molecular formula is C22H30O6. The van der Waals surface area contributed by atoms with Crippen LogP contribution in [-0.2, 0) is 26.2 Å². The topological polar surface area (TPSA) is 104 Å². The van der Waals surface area contributed by atoms with Crippen LogP contribution in [0.2, 0.25) is 0 Å². The van der Waals surface area contributed by atoms with Crippen molar-refractivity contribution in [2.45, 2.75) is 71.1 Å². The summed E-state index contributed by atoms with van der Waals surface area (Å²) in [5, 5.41) is 32.2. The molecule has 2 unspecified atom stereocenters. The molecule has 28 heavy (non-hydrogen) atoms. The molecule has 1 fully saturated rings. The van der Waals surface area contributed by atoms with Crippen molar-refractivity contribution in [1.82, 2.24) is 0 Å². The van der Waals surface area contributed by atoms with Gasteiger partial charge in [-0.1, -0.05) is 27.2 Å². The minimum Gasteiger partial charge on any atom is -0.508 e. The highest BCUT2D eigenvalue weighted by molar-refractivity contribution is 5.85. The third-order valence-corrected chi connectivity index (χ3v) is 6.92. The number of rotatable bonds is 4. The van der Waals surface area contributed by atoms with E-state index in [0.717, 1.165) is 12.8 Å². The highest BCUT2D eigenvalue weighted by Gasteiger charge is 2.58. The molecule has 154 valence electrons. The molecule has 1 saturated carbocycles. The van der Waals surface area contributed by atoms with Gasteiger partial charge >= 0.3 is 11.9 Å². The van der Waals surface area contributed by atoms with Crippen LogP contribution in [0, 0.1) is 11.3 Å². The number of aromatic hydroxyl groups is 2. The molecule has 0 amide bonds. The molecule has 6 heteroatoms. The molecule has 0 heterocycles. The van der Waals surface area contributed by atoms with Crippen LogP contribution in [0.15, 0.2) is 6.07 Å². The number of aliphatic carboxylic acids is 1. The maximum Gasteiger partial charge on any atom is 0.314 e. The Morgan fingerprint density at radius 3 is 2.57 bits per heavy atom. The molecule has 0 spiro atoms. The van der Waals surface area contributed by atoms with Crippen LogP contribution in [-0.4, -0.2) is 33.9 Å². The van der Waals surface area contributed by atoms with Gasteiger partial charge < -0.3 is 20.1 Å². The highest BCUT2D eigenvalue weighted by Crippen LogP contribution is 2.60. The maximum absolute atomic E-state index is 12.6. The summed E-state index contributed by atoms with van der Waals surface area (Å²) in [5.41, 5.74) is 0.0456. The van der Waals surface area contributed by atoms with Crippen LogP contribution in [0.4, 0.5) is 0 Å². The molecule has 0 aliphatic heterocycles. The van der Waals surface area contributed by atoms with Crippen LogP contribution in [0.5, 0.6) is 11.5 Å². The first-order valence-corrected chi connectivity index (χ1v) is 9.97. The van der Waals surface area contributed by atoms with Crippen LogP contribution in [0.3, 0.4) is 0 Å². The summed E-state index contributed by atoms with van der Waals surface area (Å²) in [7, 11) is 0. The fourth-order valence-corrected chi connectivity index (χ4v) is 5.61. The smallest absolute Gasteiger partial charge is 0.314 e. The van der Waals surface area contributed by atoms with E-state index in [4.69, 9.17) is 4.74 Å². The second kappa shape index (κ2) is 6.98. The first kappa shape index (κ1) is 20.5. The van der Waals surface area contributed by atoms with Gasteiger partial charge in [-0.3, -0.25) is 9.59 Å². The molecule has 1 aromatic rings. The summed E-state index contributed by atoms with van der Waals surface area (Å²) >= 11 is 0. The van der Waals surface area contributed by atoms with E-state index < -0.39 is 17.4 Å². The summed E-state index contributed by atoms with van der Waals surface area (Å²) in [5.74, 6) is -1.82. The molecule has 1 aromatic carbocycles. The zero-order chi connectivity index (χ0) is 20.9. The number of esters is 1. The van der Waals surface area contributed by atoms with Gasteiger partial charge in [-0.2, -0.15) is 0 Å². The number of hydrogen-bond donors (Lipinski definition) is 3. The van der Waals surface area contributed by atoms with E-state index >= 15 is 0 Å². The normalized spacial score (nSPS) is 26.6. The van der Waals surface area contributed by atoms with E-state index in [2.05, 4.69) is 13.8 Å². The molecule has 3 N–H and O–H groups in total. The van der Waals surface area contributed by atoms with Crippen LogP contribution >= 0.6 is 0 Å². The Balaban J connectivity index is 2.15. The monoisotopic (exact) mass is 390 g/mol. The van der Waals surface area contributed by atoms with E-state index in [1.165, 1.54) is 13.0 Å². The lowest BCUT2D eigenvalue weighted by atomic mass is 9.49. The number of hydrogen-bond acceptors (Lipinski definition) is 5. The number of phenolic OH excluding ortho intramolecular Hbond substituents is 2. The minimum atomic E-state index is -1.19. The number of benzene rings is 1. The van der Waals surface area contributed by atoms with Gasteiger partial charge in [0, 0.05) is 29.5 Å². The summed E-state index contributed by atoms with van der Waals surface area (Å²) < 4.78 is 5.04. The van der Waals surface area contributed by atoms with E-state index in [9.17, 15) is 24.9 Å². The van der Waals surface area contributed by atoms with Gasteiger partial charge in [0.05, 0.1) is 12.0 Å². The lowest BCUT2D eigenvalue weighted by molar-refractivity contribution is -0.153. The Hall–Kier alpha value is -2.24. The summed E-state index contributed by atoms with van der Waals surface area (Å²) in [6, 6.07) is 1.46. The summed E-state index contributed by atoms with van der Waals surface area (Å²) in [4.78, 5) is 23.7. The van der Waals surface area contributed by atoms with Crippen molar-refractivity contribution in [2.24, 2.45) is 11.3 Å². The van der Waals surface area contributed by atoms with E-state index in [0.29, 0.717) is 36.0 Å². The first-order valence-electron chi connectivity index (χ1n) is 9.97. The van der Waals surface area contributed by atoms with Gasteiger partial charge in [0.1, 0.15) is 11.5 Å². The maximum atomic E-state index is 12.6. The van der Waals surface area contributed by atoms with E-state index in [1.807, 2.05) is 0 Å². The van der Waals surface area contributed by atoms with Crippen molar-refractivity contribution < 1.29 is 29.6 Å². The molecule has 3 rings (SSSR count). The predicted octanol–water partition coefficient (Wildman–Crippen LogP) is 3.86. The molecule has 0 saturated heterocycles. The number of carbonyl (C=O) groups is 2. The SMILES string of the molecule is CC(=O)OCC(C)c1cc(O)c2c(c1O)CCC1C(C)(C)CCC[C@]21C(=O)O. The van der Waals surface area contributed by atoms with Crippen LogP contribution < -0.4 is 0 Å². The third kappa shape index (κ3) is 3.03. The van der Waals surface area contributed by atoms with Crippen molar-refractivity contribution in [3.05, 3.63) is 22.8 Å². The average Bonchev–Trinajstić information content (AvgIpc) is 2.61. The van der Waals surface area contributed by atoms with Gasteiger partial charge in [-0.05, 0) is 43.1 Å². The number of fused-ring (bicyclic) bond motifs is 3. The third-order valence-electron chi connectivity index (χ3n) is 6.92. The first-order chi connectivity index (χ1) is 13.0. The Bertz CT molecular complexity index is 812. The van der Waals surface area contributed by atoms with Crippen LogP contribution in [0.25, 0.3) is 0 Å². The van der Waals surface area contributed by atoms with Crippen LogP contribution in [0.1, 0.15) is 76.0 Å². The molecule has 2 aliphatic carbocycles. The predicted molar refractivity (Wildman–Crippen MR) is 104 cm³/mol. The van der Waals surface area contributed by atoms with Gasteiger partial charge in [0.15, 0.2) is 0 Å². The second-order valence-electron chi connectivity index (χ2n) is 9.10. The molecule has 0 radical (unpaired) electrons. The van der Waals surface area contributed by atoms with Crippen molar-refractivity contribution in [3.8, 4) is 11.5 Å². The standard InChI is InChI=1S/C22H30O6/c1-12(11-28-13(2)23)15-10-16(24)18-14(19(15)25)6-7-17-21(3,4)8-5-9-22(17,18)20(26)27/h10,12,17,24-25H,5-9,11H2,1-4H3,(H,26,27)/t12?,17?,22-/m1/s1. The van der Waals surface area contributed by atoms with E-state index in [-0.39, 0.29) is 35.4 Å². The Labute approximate surface area is 165 Å². The summed E-state index contributed by atoms with van der Waals surface area (Å²) in [6.07, 6.45) is 3.35. The van der Waals surface area contributed by atoms with Gasteiger partial charge in [-0.25, -0.2) is 0 Å². The number of ether oxygens (including phenoxy) is 1. The Morgan fingerprint density at radius 1 is 1.29 bits per heavy atom. The quantitative estimate of drug-likeness (QED) is 0.533. The Kier molecular flexibility index (Phi) is 5.11. The van der Waals surface area contributed by atoms with Gasteiger partial charge in [-0.15, -0.1) is 0 Å². The van der Waals surface area contributed by atoms with Crippen molar-refractivity contribution in [2.75, 3.05) is 6.61 Å². The number of phenols is 2. The average molecular weight is 390 g/mol. The molecule has 3 atom stereocenters. The van der Waals surface area contributed by atoms with Gasteiger partial charge in [0.2, 0.25) is 0 Å². The lowest BCUT2D eigenvalue weighted by Gasteiger charge is -2.53. The zero-order valence-corrected chi connectivity index (χ0v) is 17.0. The molecule has 0 bridgehead atoms. The van der Waals surface area contributed by atoms with E-state index in [1.54, 1.807) is 6.92 Å². The largest absolute Gasteiger partial charge is 0.508 e. The molecule has 2 aliphatic rings. The van der Waals surface area contributed by atoms with Gasteiger partial charge in [0.25, 0.3) is 0 Å². The highest BCUT2D eigenvalue weighted by atomic mass is 16.5. The Morgan fingerprint density at radius 2 is 1.96 bits per heavy atom. The second-order valence-corrected chi connectivity index (χ2v) is 9.10. The molecule has 6 nitrogen and oxygen atoms in total. The number of carbonyl (C=O) groups excluding carboxylic acids is 1. The minimum absolute atomic E-state index is 0.0231. The number of carboxylic acids is 1. The number of carboxylic acid groups (broad SMARTS) is 1. The fourth-order valence-electron chi connectivity index (χ4n) is 5.61. The van der Waals surface area contributed by atoms with Crippen molar-refractivity contribution >= 4 is 11.9 Å². The lowest BCUT2D eigenvalue weighted by Crippen LogP contribution is -2.54. The fraction of sp³-hybridized carbons (Fsp3) is 0.636. The molecule has 0 aromatic heterocycles. The van der Waals surface area contributed by atoms with Crippen molar-refractivity contribution in [3.63, 3.8) is 0 Å². The summed E-state index contributed by atoms with van der Waals surface area (Å²) in [6.45, 7) is 7.41. The molecular weight excluding hydrogens is 360 g/mol. The zero-order valence-electron chi connectivity index (χ0n) is 17.0.